The van der Waals surface area contributed by atoms with Gasteiger partial charge in [0.1, 0.15) is 10.6 Å². The maximum absolute atomic E-state index is 6.08. The maximum Gasteiger partial charge on any atom is 0.107 e. The monoisotopic (exact) mass is 266 g/mol. The molecule has 1 fully saturated rings. The highest BCUT2D eigenvalue weighted by atomic mass is 32.1. The Labute approximate surface area is 113 Å². The maximum atomic E-state index is 6.08. The molecule has 0 bridgehead atoms. The molecule has 1 aromatic heterocycles. The van der Waals surface area contributed by atoms with Crippen LogP contribution in [0.2, 0.25) is 0 Å². The van der Waals surface area contributed by atoms with Crippen molar-refractivity contribution in [2.75, 3.05) is 6.54 Å². The van der Waals surface area contributed by atoms with Gasteiger partial charge >= 0.3 is 0 Å². The van der Waals surface area contributed by atoms with Crippen molar-refractivity contribution in [1.29, 1.82) is 0 Å². The molecule has 0 radical (unpaired) electrons. The Bertz CT molecular complexity index is 429. The van der Waals surface area contributed by atoms with E-state index in [1.165, 1.54) is 22.7 Å². The molecule has 0 spiro atoms. The summed E-state index contributed by atoms with van der Waals surface area (Å²) in [7, 11) is 0. The predicted molar refractivity (Wildman–Crippen MR) is 73.7 cm³/mol. The molecule has 2 heterocycles. The van der Waals surface area contributed by atoms with E-state index in [2.05, 4.69) is 33.0 Å². The minimum absolute atomic E-state index is 0.189. The van der Waals surface area contributed by atoms with Crippen molar-refractivity contribution in [1.82, 2.24) is 10.3 Å². The van der Waals surface area contributed by atoms with Gasteiger partial charge in [0.25, 0.3) is 0 Å². The van der Waals surface area contributed by atoms with Crippen molar-refractivity contribution < 1.29 is 4.74 Å². The summed E-state index contributed by atoms with van der Waals surface area (Å²) in [6.07, 6.45) is 2.80. The molecule has 3 rings (SSSR count). The summed E-state index contributed by atoms with van der Waals surface area (Å²) >= 11 is 1.80. The first-order valence-corrected chi connectivity index (χ1v) is 7.62. The van der Waals surface area contributed by atoms with Crippen LogP contribution in [0.3, 0.4) is 0 Å². The van der Waals surface area contributed by atoms with Crippen LogP contribution < -0.4 is 5.32 Å². The second kappa shape index (κ2) is 4.02. The van der Waals surface area contributed by atoms with Crippen LogP contribution in [0, 0.1) is 5.92 Å². The van der Waals surface area contributed by atoms with Crippen molar-refractivity contribution >= 4 is 11.3 Å². The Morgan fingerprint density at radius 1 is 1.28 bits per heavy atom. The lowest BCUT2D eigenvalue weighted by atomic mass is 10.0. The first-order valence-electron chi connectivity index (χ1n) is 6.80. The SMILES string of the molecule is CC1(C)OC(C)(C)c2sc(CNCC3CC3)nc21. The highest BCUT2D eigenvalue weighted by Crippen LogP contribution is 2.48. The lowest BCUT2D eigenvalue weighted by molar-refractivity contribution is -0.105. The van der Waals surface area contributed by atoms with Crippen LogP contribution in [0.25, 0.3) is 0 Å². The fourth-order valence-electron chi connectivity index (χ4n) is 2.69. The van der Waals surface area contributed by atoms with Crippen LogP contribution in [-0.4, -0.2) is 11.5 Å². The quantitative estimate of drug-likeness (QED) is 0.909. The van der Waals surface area contributed by atoms with Gasteiger partial charge in [0.05, 0.1) is 16.2 Å². The topological polar surface area (TPSA) is 34.1 Å². The number of ether oxygens (including phenoxy) is 1. The van der Waals surface area contributed by atoms with Gasteiger partial charge in [-0.3, -0.25) is 0 Å². The van der Waals surface area contributed by atoms with Gasteiger partial charge in [-0.2, -0.15) is 0 Å². The summed E-state index contributed by atoms with van der Waals surface area (Å²) < 4.78 is 6.08. The first-order chi connectivity index (χ1) is 8.38. The molecule has 1 aromatic rings. The molecular formula is C14H22N2OS. The molecule has 2 aliphatic rings. The summed E-state index contributed by atoms with van der Waals surface area (Å²) in [5.74, 6) is 0.924. The van der Waals surface area contributed by atoms with Crippen LogP contribution in [0.15, 0.2) is 0 Å². The average Bonchev–Trinajstić information content (AvgIpc) is 2.89. The van der Waals surface area contributed by atoms with Crippen LogP contribution in [0.1, 0.15) is 56.1 Å². The molecule has 18 heavy (non-hydrogen) atoms. The van der Waals surface area contributed by atoms with E-state index < -0.39 is 0 Å². The van der Waals surface area contributed by atoms with E-state index in [0.29, 0.717) is 0 Å². The molecule has 1 aliphatic carbocycles. The second-order valence-corrected chi connectivity index (χ2v) is 7.57. The first kappa shape index (κ1) is 12.6. The van der Waals surface area contributed by atoms with Gasteiger partial charge in [0.15, 0.2) is 0 Å². The number of hydrogen-bond donors (Lipinski definition) is 1. The number of nitrogens with one attached hydrogen (secondary N) is 1. The van der Waals surface area contributed by atoms with Crippen molar-refractivity contribution in [3.05, 3.63) is 15.6 Å². The lowest BCUT2D eigenvalue weighted by Crippen LogP contribution is -2.23. The molecule has 0 unspecified atom stereocenters. The Balaban J connectivity index is 1.74. The number of nitrogens with zero attached hydrogens (tertiary/aromatic N) is 1. The van der Waals surface area contributed by atoms with E-state index in [1.54, 1.807) is 11.3 Å². The summed E-state index contributed by atoms with van der Waals surface area (Å²) in [6.45, 7) is 10.6. The van der Waals surface area contributed by atoms with E-state index in [0.717, 1.165) is 24.7 Å². The molecule has 0 aromatic carbocycles. The largest absolute Gasteiger partial charge is 0.358 e. The highest BCUT2D eigenvalue weighted by molar-refractivity contribution is 7.12. The third-order valence-electron chi connectivity index (χ3n) is 3.71. The van der Waals surface area contributed by atoms with Crippen molar-refractivity contribution in [2.45, 2.75) is 58.3 Å². The molecule has 100 valence electrons. The molecule has 0 amide bonds. The van der Waals surface area contributed by atoms with Crippen molar-refractivity contribution in [3.8, 4) is 0 Å². The zero-order valence-electron chi connectivity index (χ0n) is 11.7. The molecule has 1 saturated carbocycles. The number of thiazole rings is 1. The van der Waals surface area contributed by atoms with Gasteiger partial charge in [0.2, 0.25) is 0 Å². The van der Waals surface area contributed by atoms with Gasteiger partial charge in [-0.05, 0) is 53.0 Å². The standard InChI is InChI=1S/C14H22N2OS/c1-13(2)11-12(14(3,4)17-13)18-10(16-11)8-15-7-9-5-6-9/h9,15H,5-8H2,1-4H3. The summed E-state index contributed by atoms with van der Waals surface area (Å²) in [5.41, 5.74) is 0.704. The minimum Gasteiger partial charge on any atom is -0.358 e. The smallest absolute Gasteiger partial charge is 0.107 e. The van der Waals surface area contributed by atoms with E-state index in [1.807, 2.05) is 0 Å². The van der Waals surface area contributed by atoms with Crippen LogP contribution >= 0.6 is 11.3 Å². The van der Waals surface area contributed by atoms with Crippen LogP contribution in [0.4, 0.5) is 0 Å². The van der Waals surface area contributed by atoms with Gasteiger partial charge in [-0.1, -0.05) is 0 Å². The van der Waals surface area contributed by atoms with E-state index in [4.69, 9.17) is 9.72 Å². The minimum atomic E-state index is -0.246. The van der Waals surface area contributed by atoms with E-state index >= 15 is 0 Å². The third kappa shape index (κ3) is 2.22. The Morgan fingerprint density at radius 3 is 2.61 bits per heavy atom. The fraction of sp³-hybridized carbons (Fsp3) is 0.786. The molecule has 1 aliphatic heterocycles. The normalized spacial score (nSPS) is 24.2. The summed E-state index contributed by atoms with van der Waals surface area (Å²) in [5, 5.41) is 4.71. The van der Waals surface area contributed by atoms with Gasteiger partial charge in [0, 0.05) is 6.54 Å². The number of rotatable bonds is 4. The molecule has 4 heteroatoms. The molecular weight excluding hydrogens is 244 g/mol. The lowest BCUT2D eigenvalue weighted by Gasteiger charge is -2.24. The number of aromatic nitrogens is 1. The van der Waals surface area contributed by atoms with E-state index in [9.17, 15) is 0 Å². The van der Waals surface area contributed by atoms with Gasteiger partial charge in [-0.25, -0.2) is 4.98 Å². The fourth-order valence-corrected chi connectivity index (χ4v) is 3.92. The predicted octanol–water partition coefficient (Wildman–Crippen LogP) is 3.14. The van der Waals surface area contributed by atoms with Gasteiger partial charge in [-0.15, -0.1) is 11.3 Å². The third-order valence-corrected chi connectivity index (χ3v) is 5.07. The van der Waals surface area contributed by atoms with Gasteiger partial charge < -0.3 is 10.1 Å². The van der Waals surface area contributed by atoms with E-state index in [-0.39, 0.29) is 11.2 Å². The number of hydrogen-bond acceptors (Lipinski definition) is 4. The Morgan fingerprint density at radius 2 is 2.00 bits per heavy atom. The van der Waals surface area contributed by atoms with Crippen molar-refractivity contribution in [2.24, 2.45) is 5.92 Å². The Hall–Kier alpha value is -0.450. The molecule has 3 nitrogen and oxygen atoms in total. The molecule has 1 N–H and O–H groups in total. The van der Waals surface area contributed by atoms with Crippen LogP contribution in [-0.2, 0) is 22.5 Å². The number of fused-ring (bicyclic) bond motifs is 1. The second-order valence-electron chi connectivity index (χ2n) is 6.48. The molecule has 0 saturated heterocycles. The zero-order chi connectivity index (χ0) is 13.0. The summed E-state index contributed by atoms with van der Waals surface area (Å²) in [4.78, 5) is 6.09. The zero-order valence-corrected chi connectivity index (χ0v) is 12.5. The van der Waals surface area contributed by atoms with Crippen LogP contribution in [0.5, 0.6) is 0 Å². The Kier molecular flexibility index (Phi) is 2.81. The average molecular weight is 266 g/mol. The molecule has 0 atom stereocenters. The van der Waals surface area contributed by atoms with Crippen molar-refractivity contribution in [3.63, 3.8) is 0 Å². The summed E-state index contributed by atoms with van der Waals surface area (Å²) in [6, 6.07) is 0. The highest BCUT2D eigenvalue weighted by Gasteiger charge is 2.46.